The molecule has 1 aromatic carbocycles. The lowest BCUT2D eigenvalue weighted by atomic mass is 10.1. The van der Waals surface area contributed by atoms with E-state index in [1.54, 1.807) is 13.2 Å². The average molecular weight is 267 g/mol. The third-order valence-corrected chi connectivity index (χ3v) is 3.30. The van der Waals surface area contributed by atoms with Crippen LogP contribution < -0.4 is 15.8 Å². The van der Waals surface area contributed by atoms with Crippen LogP contribution in [-0.4, -0.2) is 43.6 Å². The highest BCUT2D eigenvalue weighted by Gasteiger charge is 2.27. The van der Waals surface area contributed by atoms with Gasteiger partial charge in [0.1, 0.15) is 17.6 Å². The summed E-state index contributed by atoms with van der Waals surface area (Å²) in [6.45, 7) is 2.43. The molecule has 1 unspecified atom stereocenters. The molecule has 5 nitrogen and oxygen atoms in total. The molecule has 1 saturated heterocycles. The van der Waals surface area contributed by atoms with E-state index in [-0.39, 0.29) is 17.8 Å². The van der Waals surface area contributed by atoms with Crippen LogP contribution in [0, 0.1) is 5.82 Å². The van der Waals surface area contributed by atoms with Gasteiger partial charge in [0.05, 0.1) is 7.11 Å². The van der Waals surface area contributed by atoms with E-state index >= 15 is 0 Å². The second kappa shape index (κ2) is 5.99. The number of amides is 1. The number of nitrogens with two attached hydrogens (primary N) is 1. The Kier molecular flexibility index (Phi) is 4.34. The van der Waals surface area contributed by atoms with E-state index in [1.165, 1.54) is 12.1 Å². The predicted molar refractivity (Wildman–Crippen MR) is 69.2 cm³/mol. The number of piperazine rings is 1. The van der Waals surface area contributed by atoms with Crippen LogP contribution in [0.25, 0.3) is 0 Å². The molecular formula is C13H18FN3O2. The Bertz CT molecular complexity index is 467. The quantitative estimate of drug-likeness (QED) is 0.811. The molecule has 1 heterocycles. The maximum absolute atomic E-state index is 13.3. The fraction of sp³-hybridized carbons (Fsp3) is 0.462. The molecule has 1 aromatic rings. The Morgan fingerprint density at radius 3 is 3.11 bits per heavy atom. The van der Waals surface area contributed by atoms with Crippen LogP contribution in [0.5, 0.6) is 5.75 Å². The molecule has 19 heavy (non-hydrogen) atoms. The fourth-order valence-corrected chi connectivity index (χ4v) is 2.31. The first-order chi connectivity index (χ1) is 9.11. The highest BCUT2D eigenvalue weighted by molar-refractivity contribution is 5.80. The van der Waals surface area contributed by atoms with Gasteiger partial charge in [0, 0.05) is 31.7 Å². The van der Waals surface area contributed by atoms with Gasteiger partial charge in [-0.1, -0.05) is 0 Å². The lowest BCUT2D eigenvalue weighted by Gasteiger charge is -2.34. The van der Waals surface area contributed by atoms with Gasteiger partial charge in [-0.3, -0.25) is 9.69 Å². The van der Waals surface area contributed by atoms with Crippen LogP contribution >= 0.6 is 0 Å². The highest BCUT2D eigenvalue weighted by Crippen LogP contribution is 2.22. The van der Waals surface area contributed by atoms with Crippen molar-refractivity contribution in [2.45, 2.75) is 12.6 Å². The molecule has 1 atom stereocenters. The molecule has 1 aliphatic heterocycles. The molecule has 0 aromatic heterocycles. The maximum Gasteiger partial charge on any atom is 0.236 e. The minimum Gasteiger partial charge on any atom is -0.496 e. The van der Waals surface area contributed by atoms with Crippen LogP contribution in [0.3, 0.4) is 0 Å². The smallest absolute Gasteiger partial charge is 0.236 e. The summed E-state index contributed by atoms with van der Waals surface area (Å²) in [4.78, 5) is 13.4. The van der Waals surface area contributed by atoms with E-state index in [2.05, 4.69) is 5.32 Å². The second-order valence-electron chi connectivity index (χ2n) is 4.55. The molecule has 0 spiro atoms. The minimum absolute atomic E-state index is 0.318. The van der Waals surface area contributed by atoms with Gasteiger partial charge in [0.2, 0.25) is 5.91 Å². The number of nitrogens with one attached hydrogen (secondary N) is 1. The zero-order valence-electron chi connectivity index (χ0n) is 10.9. The minimum atomic E-state index is -0.373. The monoisotopic (exact) mass is 267 g/mol. The number of methoxy groups -OCH3 is 1. The van der Waals surface area contributed by atoms with Crippen molar-refractivity contribution in [3.8, 4) is 5.75 Å². The number of benzene rings is 1. The van der Waals surface area contributed by atoms with E-state index in [0.717, 1.165) is 12.1 Å². The molecule has 1 amide bonds. The summed E-state index contributed by atoms with van der Waals surface area (Å²) in [5, 5.41) is 3.12. The average Bonchev–Trinajstić information content (AvgIpc) is 2.39. The van der Waals surface area contributed by atoms with Crippen LogP contribution in [0.4, 0.5) is 4.39 Å². The van der Waals surface area contributed by atoms with Crippen LogP contribution in [-0.2, 0) is 11.3 Å². The van der Waals surface area contributed by atoms with Gasteiger partial charge in [0.25, 0.3) is 0 Å². The molecule has 6 heteroatoms. The Morgan fingerprint density at radius 1 is 1.63 bits per heavy atom. The van der Waals surface area contributed by atoms with Gasteiger partial charge in [-0.15, -0.1) is 0 Å². The number of ether oxygens (including phenoxy) is 1. The SMILES string of the molecule is COc1ccc(F)cc1CN1CCNCC1C(N)=O. The number of carbonyl (C=O) groups is 1. The van der Waals surface area contributed by atoms with E-state index in [9.17, 15) is 9.18 Å². The maximum atomic E-state index is 13.3. The van der Waals surface area contributed by atoms with Crippen molar-refractivity contribution >= 4 is 5.91 Å². The first-order valence-corrected chi connectivity index (χ1v) is 6.18. The van der Waals surface area contributed by atoms with E-state index in [0.29, 0.717) is 25.4 Å². The van der Waals surface area contributed by atoms with Crippen LogP contribution in [0.2, 0.25) is 0 Å². The van der Waals surface area contributed by atoms with Crippen molar-refractivity contribution in [2.24, 2.45) is 5.73 Å². The van der Waals surface area contributed by atoms with E-state index in [1.807, 2.05) is 4.90 Å². The summed E-state index contributed by atoms with van der Waals surface area (Å²) in [6.07, 6.45) is 0. The number of hydrogen-bond acceptors (Lipinski definition) is 4. The topological polar surface area (TPSA) is 67.6 Å². The first kappa shape index (κ1) is 13.8. The molecule has 1 aliphatic rings. The molecule has 2 rings (SSSR count). The van der Waals surface area contributed by atoms with Gasteiger partial charge >= 0.3 is 0 Å². The van der Waals surface area contributed by atoms with Crippen LogP contribution in [0.1, 0.15) is 5.56 Å². The largest absolute Gasteiger partial charge is 0.496 e. The Morgan fingerprint density at radius 2 is 2.42 bits per heavy atom. The molecule has 0 saturated carbocycles. The van der Waals surface area contributed by atoms with Crippen molar-refractivity contribution in [2.75, 3.05) is 26.7 Å². The summed E-state index contributed by atoms with van der Waals surface area (Å²) in [7, 11) is 1.54. The van der Waals surface area contributed by atoms with Crippen molar-refractivity contribution in [1.29, 1.82) is 0 Å². The third-order valence-electron chi connectivity index (χ3n) is 3.30. The van der Waals surface area contributed by atoms with Gasteiger partial charge in [-0.25, -0.2) is 4.39 Å². The van der Waals surface area contributed by atoms with Crippen LogP contribution in [0.15, 0.2) is 18.2 Å². The predicted octanol–water partition coefficient (Wildman–Crippen LogP) is 0.0934. The number of hydrogen-bond donors (Lipinski definition) is 2. The second-order valence-corrected chi connectivity index (χ2v) is 4.55. The van der Waals surface area contributed by atoms with Crippen molar-refractivity contribution < 1.29 is 13.9 Å². The molecule has 0 radical (unpaired) electrons. The summed E-state index contributed by atoms with van der Waals surface area (Å²) in [5.74, 6) is -0.0766. The zero-order valence-corrected chi connectivity index (χ0v) is 10.9. The number of rotatable bonds is 4. The Labute approximate surface area is 111 Å². The highest BCUT2D eigenvalue weighted by atomic mass is 19.1. The number of halogens is 1. The Balaban J connectivity index is 2.18. The van der Waals surface area contributed by atoms with Crippen molar-refractivity contribution in [3.05, 3.63) is 29.6 Å². The molecule has 0 aliphatic carbocycles. The van der Waals surface area contributed by atoms with E-state index in [4.69, 9.17) is 10.5 Å². The summed E-state index contributed by atoms with van der Waals surface area (Å²) in [6, 6.07) is 4.00. The van der Waals surface area contributed by atoms with Gasteiger partial charge in [0.15, 0.2) is 0 Å². The normalized spacial score (nSPS) is 20.2. The summed E-state index contributed by atoms with van der Waals surface area (Å²) < 4.78 is 18.5. The molecule has 1 fully saturated rings. The lowest BCUT2D eigenvalue weighted by Crippen LogP contribution is -2.56. The number of nitrogens with zero attached hydrogens (tertiary/aromatic N) is 1. The molecule has 3 N–H and O–H groups in total. The van der Waals surface area contributed by atoms with Crippen molar-refractivity contribution in [3.63, 3.8) is 0 Å². The standard InChI is InChI=1S/C13H18FN3O2/c1-19-12-3-2-10(14)6-9(12)8-17-5-4-16-7-11(17)13(15)18/h2-3,6,11,16H,4-5,7-8H2,1H3,(H2,15,18). The lowest BCUT2D eigenvalue weighted by molar-refractivity contribution is -0.124. The Hall–Kier alpha value is -1.66. The summed E-state index contributed by atoms with van der Waals surface area (Å²) in [5.41, 5.74) is 6.10. The zero-order chi connectivity index (χ0) is 13.8. The molecule has 104 valence electrons. The van der Waals surface area contributed by atoms with Gasteiger partial charge in [-0.05, 0) is 18.2 Å². The number of carbonyl (C=O) groups excluding carboxylic acids is 1. The summed E-state index contributed by atoms with van der Waals surface area (Å²) >= 11 is 0. The third kappa shape index (κ3) is 3.21. The van der Waals surface area contributed by atoms with E-state index < -0.39 is 0 Å². The number of primary amides is 1. The molecule has 0 bridgehead atoms. The van der Waals surface area contributed by atoms with Gasteiger partial charge in [-0.2, -0.15) is 0 Å². The fourth-order valence-electron chi connectivity index (χ4n) is 2.31. The van der Waals surface area contributed by atoms with Crippen molar-refractivity contribution in [1.82, 2.24) is 10.2 Å². The van der Waals surface area contributed by atoms with Gasteiger partial charge < -0.3 is 15.8 Å². The first-order valence-electron chi connectivity index (χ1n) is 6.18. The molecular weight excluding hydrogens is 249 g/mol.